The highest BCUT2D eigenvalue weighted by Crippen LogP contribution is 2.20. The third-order valence-corrected chi connectivity index (χ3v) is 4.18. The van der Waals surface area contributed by atoms with Gasteiger partial charge < -0.3 is 14.2 Å². The number of ether oxygens (including phenoxy) is 1. The highest BCUT2D eigenvalue weighted by atomic mass is 19.1. The van der Waals surface area contributed by atoms with Gasteiger partial charge in [-0.2, -0.15) is 4.98 Å². The monoisotopic (exact) mass is 369 g/mol. The van der Waals surface area contributed by atoms with Gasteiger partial charge in [-0.25, -0.2) is 4.39 Å². The number of hydrogen-bond acceptors (Lipinski definition) is 5. The van der Waals surface area contributed by atoms with Gasteiger partial charge in [-0.1, -0.05) is 23.4 Å². The lowest BCUT2D eigenvalue weighted by atomic mass is 10.1. The average molecular weight is 369 g/mol. The highest BCUT2D eigenvalue weighted by molar-refractivity contribution is 5.76. The summed E-state index contributed by atoms with van der Waals surface area (Å²) >= 11 is 0. The average Bonchev–Trinajstić information content (AvgIpc) is 3.15. The van der Waals surface area contributed by atoms with E-state index in [-0.39, 0.29) is 24.7 Å². The van der Waals surface area contributed by atoms with E-state index in [9.17, 15) is 9.18 Å². The Morgan fingerprint density at radius 2 is 1.93 bits per heavy atom. The number of carbonyl (C=O) groups excluding carboxylic acids is 1. The van der Waals surface area contributed by atoms with Gasteiger partial charge in [0.05, 0.1) is 13.7 Å². The minimum Gasteiger partial charge on any atom is -0.497 e. The molecule has 1 amide bonds. The van der Waals surface area contributed by atoms with Gasteiger partial charge in [0.25, 0.3) is 0 Å². The van der Waals surface area contributed by atoms with E-state index in [2.05, 4.69) is 10.1 Å². The van der Waals surface area contributed by atoms with Crippen molar-refractivity contribution in [3.05, 3.63) is 65.8 Å². The first-order chi connectivity index (χ1) is 13.1. The smallest absolute Gasteiger partial charge is 0.246 e. The van der Waals surface area contributed by atoms with E-state index < -0.39 is 0 Å². The minimum atomic E-state index is -0.297. The number of hydrogen-bond donors (Lipinski definition) is 0. The number of halogens is 1. The van der Waals surface area contributed by atoms with Crippen molar-refractivity contribution in [1.29, 1.82) is 0 Å². The maximum atomic E-state index is 13.6. The minimum absolute atomic E-state index is 0.123. The second kappa shape index (κ2) is 8.44. The molecule has 0 aliphatic rings. The Bertz CT molecular complexity index is 909. The van der Waals surface area contributed by atoms with Crippen molar-refractivity contribution in [2.75, 3.05) is 14.2 Å². The van der Waals surface area contributed by atoms with Crippen LogP contribution < -0.4 is 4.74 Å². The molecule has 2 aromatic carbocycles. The molecule has 3 aromatic rings. The molecule has 7 heteroatoms. The van der Waals surface area contributed by atoms with Gasteiger partial charge in [0.15, 0.2) is 0 Å². The Labute approximate surface area is 156 Å². The lowest BCUT2D eigenvalue weighted by Crippen LogP contribution is -2.26. The van der Waals surface area contributed by atoms with E-state index >= 15 is 0 Å². The normalized spacial score (nSPS) is 10.6. The lowest BCUT2D eigenvalue weighted by Gasteiger charge is -2.14. The van der Waals surface area contributed by atoms with Crippen LogP contribution in [0.5, 0.6) is 5.75 Å². The second-order valence-electron chi connectivity index (χ2n) is 6.08. The van der Waals surface area contributed by atoms with Crippen LogP contribution in [0.15, 0.2) is 53.1 Å². The second-order valence-corrected chi connectivity index (χ2v) is 6.08. The van der Waals surface area contributed by atoms with E-state index in [4.69, 9.17) is 9.26 Å². The van der Waals surface area contributed by atoms with Crippen LogP contribution in [0.3, 0.4) is 0 Å². The van der Waals surface area contributed by atoms with Crippen LogP contribution in [0.2, 0.25) is 0 Å². The number of aryl methyl sites for hydroxylation is 1. The Hall–Kier alpha value is -3.22. The summed E-state index contributed by atoms with van der Waals surface area (Å²) in [6, 6.07) is 13.7. The topological polar surface area (TPSA) is 68.5 Å². The fourth-order valence-electron chi connectivity index (χ4n) is 2.60. The van der Waals surface area contributed by atoms with Crippen LogP contribution in [0.1, 0.15) is 17.9 Å². The van der Waals surface area contributed by atoms with Crippen molar-refractivity contribution in [3.8, 4) is 17.1 Å². The van der Waals surface area contributed by atoms with E-state index in [1.807, 2.05) is 24.3 Å². The fraction of sp³-hybridized carbons (Fsp3) is 0.250. The number of amides is 1. The van der Waals surface area contributed by atoms with E-state index in [0.29, 0.717) is 23.7 Å². The van der Waals surface area contributed by atoms with Crippen LogP contribution in [0, 0.1) is 5.82 Å². The summed E-state index contributed by atoms with van der Waals surface area (Å²) in [6.07, 6.45) is 0.549. The lowest BCUT2D eigenvalue weighted by molar-refractivity contribution is -0.130. The van der Waals surface area contributed by atoms with Crippen molar-refractivity contribution in [1.82, 2.24) is 15.0 Å². The number of methoxy groups -OCH3 is 1. The summed E-state index contributed by atoms with van der Waals surface area (Å²) in [7, 11) is 3.25. The fourth-order valence-corrected chi connectivity index (χ4v) is 2.60. The molecule has 0 N–H and O–H groups in total. The van der Waals surface area contributed by atoms with Crippen molar-refractivity contribution in [2.45, 2.75) is 19.4 Å². The molecule has 0 fully saturated rings. The van der Waals surface area contributed by atoms with Gasteiger partial charge in [0.1, 0.15) is 11.6 Å². The molecular weight excluding hydrogens is 349 g/mol. The number of nitrogens with zero attached hydrogens (tertiary/aromatic N) is 3. The van der Waals surface area contributed by atoms with Gasteiger partial charge in [-0.15, -0.1) is 0 Å². The van der Waals surface area contributed by atoms with Gasteiger partial charge >= 0.3 is 0 Å². The van der Waals surface area contributed by atoms with Crippen molar-refractivity contribution in [3.63, 3.8) is 0 Å². The van der Waals surface area contributed by atoms with Gasteiger partial charge in [-0.05, 0) is 42.3 Å². The van der Waals surface area contributed by atoms with Crippen LogP contribution in [0.25, 0.3) is 11.4 Å². The van der Waals surface area contributed by atoms with Gasteiger partial charge in [-0.3, -0.25) is 4.79 Å². The molecule has 0 aliphatic heterocycles. The van der Waals surface area contributed by atoms with Gasteiger partial charge in [0, 0.05) is 19.0 Å². The molecule has 6 nitrogen and oxygen atoms in total. The molecule has 3 rings (SSSR count). The summed E-state index contributed by atoms with van der Waals surface area (Å²) in [5.41, 5.74) is 1.32. The summed E-state index contributed by atoms with van der Waals surface area (Å²) in [5.74, 6) is 1.10. The molecule has 1 heterocycles. The highest BCUT2D eigenvalue weighted by Gasteiger charge is 2.15. The van der Waals surface area contributed by atoms with E-state index in [1.165, 1.54) is 11.0 Å². The molecule has 0 unspecified atom stereocenters. The number of rotatable bonds is 7. The Morgan fingerprint density at radius 3 is 2.63 bits per heavy atom. The van der Waals surface area contributed by atoms with Crippen LogP contribution >= 0.6 is 0 Å². The van der Waals surface area contributed by atoms with E-state index in [0.717, 1.165) is 11.3 Å². The molecule has 0 radical (unpaired) electrons. The molecule has 0 aliphatic carbocycles. The standard InChI is InChI=1S/C20H20FN3O3/c1-24(19(25)12-9-14-5-3-4-6-17(14)21)13-18-22-20(23-27-18)15-7-10-16(26-2)11-8-15/h3-8,10-11H,9,12-13H2,1-2H3. The third-order valence-electron chi connectivity index (χ3n) is 4.18. The molecule has 0 atom stereocenters. The van der Waals surface area contributed by atoms with Crippen molar-refractivity contribution in [2.24, 2.45) is 0 Å². The molecule has 0 saturated carbocycles. The quantitative estimate of drug-likeness (QED) is 0.638. The summed E-state index contributed by atoms with van der Waals surface area (Å²) in [6.45, 7) is 0.194. The first kappa shape index (κ1) is 18.6. The number of benzene rings is 2. The molecule has 27 heavy (non-hydrogen) atoms. The Morgan fingerprint density at radius 1 is 1.19 bits per heavy atom. The first-order valence-corrected chi connectivity index (χ1v) is 8.51. The summed E-state index contributed by atoms with van der Waals surface area (Å²) in [4.78, 5) is 18.1. The number of carbonyl (C=O) groups is 1. The summed E-state index contributed by atoms with van der Waals surface area (Å²) in [5, 5.41) is 3.95. The van der Waals surface area contributed by atoms with Crippen molar-refractivity contribution >= 4 is 5.91 Å². The summed E-state index contributed by atoms with van der Waals surface area (Å²) < 4.78 is 24.0. The molecule has 0 saturated heterocycles. The third kappa shape index (κ3) is 4.69. The molecule has 1 aromatic heterocycles. The predicted octanol–water partition coefficient (Wildman–Crippen LogP) is 3.48. The van der Waals surface area contributed by atoms with Gasteiger partial charge in [0.2, 0.25) is 17.6 Å². The Balaban J connectivity index is 1.57. The zero-order valence-electron chi connectivity index (χ0n) is 15.2. The molecule has 0 spiro atoms. The zero-order chi connectivity index (χ0) is 19.2. The molecule has 140 valence electrons. The van der Waals surface area contributed by atoms with E-state index in [1.54, 1.807) is 32.4 Å². The SMILES string of the molecule is COc1ccc(-c2noc(CN(C)C(=O)CCc3ccccc3F)n2)cc1. The van der Waals surface area contributed by atoms with Crippen LogP contribution in [0.4, 0.5) is 4.39 Å². The first-order valence-electron chi connectivity index (χ1n) is 8.51. The largest absolute Gasteiger partial charge is 0.497 e. The number of aromatic nitrogens is 2. The van der Waals surface area contributed by atoms with Crippen LogP contribution in [-0.2, 0) is 17.8 Å². The maximum absolute atomic E-state index is 13.6. The zero-order valence-corrected chi connectivity index (χ0v) is 15.2. The Kier molecular flexibility index (Phi) is 5.80. The predicted molar refractivity (Wildman–Crippen MR) is 97.5 cm³/mol. The molecular formula is C20H20FN3O3. The molecule has 0 bridgehead atoms. The maximum Gasteiger partial charge on any atom is 0.246 e. The van der Waals surface area contributed by atoms with Crippen molar-refractivity contribution < 1.29 is 18.4 Å². The van der Waals surface area contributed by atoms with Crippen LogP contribution in [-0.4, -0.2) is 35.1 Å².